The first-order chi connectivity index (χ1) is 11.7. The lowest BCUT2D eigenvalue weighted by Gasteiger charge is -2.09. The molecule has 0 saturated carbocycles. The minimum Gasteiger partial charge on any atom is -0.0824 e. The Bertz CT molecular complexity index is 959. The molecule has 4 aromatic rings. The molecule has 0 heterocycles. The molecule has 0 aliphatic carbocycles. The van der Waals surface area contributed by atoms with Gasteiger partial charge < -0.3 is 0 Å². The molecule has 0 N–H and O–H groups in total. The summed E-state index contributed by atoms with van der Waals surface area (Å²) in [4.78, 5) is 2.09. The van der Waals surface area contributed by atoms with E-state index in [4.69, 9.17) is 23.2 Å². The first kappa shape index (κ1) is 16.2. The zero-order chi connectivity index (χ0) is 16.5. The highest BCUT2D eigenvalue weighted by atomic mass is 35.5. The monoisotopic (exact) mass is 386 g/mol. The van der Waals surface area contributed by atoms with E-state index in [2.05, 4.69) is 48.5 Å². The summed E-state index contributed by atoms with van der Waals surface area (Å²) in [7, 11) is 3.28. The third-order valence-corrected chi connectivity index (χ3v) is 7.37. The fraction of sp³-hybridized carbons (Fsp3) is 0. The minimum absolute atomic E-state index is 0.794. The van der Waals surface area contributed by atoms with E-state index in [0.717, 1.165) is 41.4 Å². The highest BCUT2D eigenvalue weighted by molar-refractivity contribution is 8.76. The van der Waals surface area contributed by atoms with Crippen LogP contribution < -0.4 is 0 Å². The molecule has 0 spiro atoms. The molecule has 0 amide bonds. The van der Waals surface area contributed by atoms with Crippen molar-refractivity contribution in [3.8, 4) is 0 Å². The van der Waals surface area contributed by atoms with Crippen molar-refractivity contribution < 1.29 is 0 Å². The van der Waals surface area contributed by atoms with Gasteiger partial charge in [-0.2, -0.15) is 0 Å². The van der Waals surface area contributed by atoms with Gasteiger partial charge in [0.1, 0.15) is 0 Å². The predicted molar refractivity (Wildman–Crippen MR) is 110 cm³/mol. The molecular formula is C20H12Cl2S2. The van der Waals surface area contributed by atoms with E-state index >= 15 is 0 Å². The highest BCUT2D eigenvalue weighted by Crippen LogP contribution is 2.46. The molecule has 0 unspecified atom stereocenters. The zero-order valence-electron chi connectivity index (χ0n) is 12.5. The zero-order valence-corrected chi connectivity index (χ0v) is 15.6. The number of rotatable bonds is 3. The molecule has 0 aliphatic heterocycles. The quantitative estimate of drug-likeness (QED) is 0.326. The summed E-state index contributed by atoms with van der Waals surface area (Å²) in [6.45, 7) is 0. The van der Waals surface area contributed by atoms with Crippen molar-refractivity contribution in [2.24, 2.45) is 0 Å². The SMILES string of the molecule is Clc1c(SSc2ccc3ccccc3c2Cl)ccc2ccccc12. The Labute approximate surface area is 158 Å². The molecular weight excluding hydrogens is 375 g/mol. The van der Waals surface area contributed by atoms with Crippen LogP contribution in [0.4, 0.5) is 0 Å². The third-order valence-electron chi connectivity index (χ3n) is 3.88. The van der Waals surface area contributed by atoms with Gasteiger partial charge >= 0.3 is 0 Å². The molecule has 0 bridgehead atoms. The molecule has 0 fully saturated rings. The van der Waals surface area contributed by atoms with E-state index in [1.165, 1.54) is 0 Å². The minimum atomic E-state index is 0.794. The summed E-state index contributed by atoms with van der Waals surface area (Å²) in [6.07, 6.45) is 0. The van der Waals surface area contributed by atoms with Gasteiger partial charge in [-0.15, -0.1) is 0 Å². The highest BCUT2D eigenvalue weighted by Gasteiger charge is 2.10. The van der Waals surface area contributed by atoms with Crippen LogP contribution >= 0.6 is 44.8 Å². The van der Waals surface area contributed by atoms with Crippen LogP contribution in [-0.2, 0) is 0 Å². The molecule has 4 aromatic carbocycles. The maximum absolute atomic E-state index is 6.58. The standard InChI is InChI=1S/C20H12Cl2S2/c21-19-15-7-3-1-5-13(15)9-11-17(19)23-24-18-12-10-14-6-2-4-8-16(14)20(18)22/h1-12H. The number of halogens is 2. The number of hydrogen-bond donors (Lipinski definition) is 0. The van der Waals surface area contributed by atoms with Gasteiger partial charge in [-0.1, -0.05) is 105 Å². The van der Waals surface area contributed by atoms with Gasteiger partial charge in [0.05, 0.1) is 10.0 Å². The molecule has 0 saturated heterocycles. The van der Waals surface area contributed by atoms with Crippen LogP contribution in [0.5, 0.6) is 0 Å². The van der Waals surface area contributed by atoms with Crippen molar-refractivity contribution in [1.82, 2.24) is 0 Å². The van der Waals surface area contributed by atoms with Crippen LogP contribution in [-0.4, -0.2) is 0 Å². The fourth-order valence-electron chi connectivity index (χ4n) is 2.65. The van der Waals surface area contributed by atoms with E-state index in [9.17, 15) is 0 Å². The van der Waals surface area contributed by atoms with Crippen LogP contribution in [0.3, 0.4) is 0 Å². The lowest BCUT2D eigenvalue weighted by atomic mass is 10.1. The van der Waals surface area contributed by atoms with E-state index < -0.39 is 0 Å². The van der Waals surface area contributed by atoms with Crippen molar-refractivity contribution in [1.29, 1.82) is 0 Å². The Morgan fingerprint density at radius 1 is 0.500 bits per heavy atom. The Morgan fingerprint density at radius 3 is 1.38 bits per heavy atom. The van der Waals surface area contributed by atoms with E-state index in [-0.39, 0.29) is 0 Å². The van der Waals surface area contributed by atoms with E-state index in [1.807, 2.05) is 24.3 Å². The molecule has 0 radical (unpaired) electrons. The normalized spacial score (nSPS) is 11.2. The van der Waals surface area contributed by atoms with Crippen LogP contribution in [0, 0.1) is 0 Å². The predicted octanol–water partition coefficient (Wildman–Crippen LogP) is 8.10. The second-order valence-corrected chi connectivity index (χ2v) is 8.33. The lowest BCUT2D eigenvalue weighted by molar-refractivity contribution is 1.51. The molecule has 0 atom stereocenters. The number of benzene rings is 4. The first-order valence-electron chi connectivity index (χ1n) is 7.43. The maximum atomic E-state index is 6.58. The van der Waals surface area contributed by atoms with Gasteiger partial charge in [-0.05, 0) is 22.9 Å². The van der Waals surface area contributed by atoms with Crippen molar-refractivity contribution in [2.45, 2.75) is 9.79 Å². The Balaban J connectivity index is 1.66. The lowest BCUT2D eigenvalue weighted by Crippen LogP contribution is -1.79. The van der Waals surface area contributed by atoms with Crippen LogP contribution in [0.15, 0.2) is 82.6 Å². The average Bonchev–Trinajstić information content (AvgIpc) is 2.63. The van der Waals surface area contributed by atoms with Crippen molar-refractivity contribution in [3.05, 3.63) is 82.8 Å². The molecule has 24 heavy (non-hydrogen) atoms. The smallest absolute Gasteiger partial charge is 0.0628 e. The van der Waals surface area contributed by atoms with Gasteiger partial charge in [0, 0.05) is 20.6 Å². The third kappa shape index (κ3) is 3.00. The molecule has 118 valence electrons. The largest absolute Gasteiger partial charge is 0.0824 e. The topological polar surface area (TPSA) is 0 Å². The van der Waals surface area contributed by atoms with Gasteiger partial charge in [0.2, 0.25) is 0 Å². The summed E-state index contributed by atoms with van der Waals surface area (Å²) in [6, 6.07) is 24.7. The molecule has 4 rings (SSSR count). The van der Waals surface area contributed by atoms with Crippen molar-refractivity contribution in [2.75, 3.05) is 0 Å². The summed E-state index contributed by atoms with van der Waals surface area (Å²) >= 11 is 13.2. The molecule has 0 nitrogen and oxygen atoms in total. The van der Waals surface area contributed by atoms with Crippen molar-refractivity contribution in [3.63, 3.8) is 0 Å². The Kier molecular flexibility index (Phi) is 4.64. The van der Waals surface area contributed by atoms with Gasteiger partial charge in [0.15, 0.2) is 0 Å². The summed E-state index contributed by atoms with van der Waals surface area (Å²) < 4.78 is 0. The summed E-state index contributed by atoms with van der Waals surface area (Å²) in [5.74, 6) is 0. The van der Waals surface area contributed by atoms with E-state index in [1.54, 1.807) is 21.6 Å². The second-order valence-electron chi connectivity index (χ2n) is 5.36. The van der Waals surface area contributed by atoms with E-state index in [0.29, 0.717) is 0 Å². The average molecular weight is 387 g/mol. The molecule has 0 aromatic heterocycles. The van der Waals surface area contributed by atoms with Crippen LogP contribution in [0.2, 0.25) is 10.0 Å². The van der Waals surface area contributed by atoms with Gasteiger partial charge in [-0.25, -0.2) is 0 Å². The Hall–Kier alpha value is -1.32. The second kappa shape index (κ2) is 6.89. The van der Waals surface area contributed by atoms with Crippen LogP contribution in [0.25, 0.3) is 21.5 Å². The molecule has 0 aliphatic rings. The number of fused-ring (bicyclic) bond motifs is 2. The maximum Gasteiger partial charge on any atom is 0.0628 e. The first-order valence-corrected chi connectivity index (χ1v) is 10.3. The fourth-order valence-corrected chi connectivity index (χ4v) is 5.79. The number of hydrogen-bond acceptors (Lipinski definition) is 2. The van der Waals surface area contributed by atoms with Crippen molar-refractivity contribution >= 4 is 66.3 Å². The van der Waals surface area contributed by atoms with Gasteiger partial charge in [-0.3, -0.25) is 0 Å². The molecule has 4 heteroatoms. The van der Waals surface area contributed by atoms with Crippen LogP contribution in [0.1, 0.15) is 0 Å². The van der Waals surface area contributed by atoms with Gasteiger partial charge in [0.25, 0.3) is 0 Å². The Morgan fingerprint density at radius 2 is 0.917 bits per heavy atom. The summed E-state index contributed by atoms with van der Waals surface area (Å²) in [5, 5.41) is 6.05. The summed E-state index contributed by atoms with van der Waals surface area (Å²) in [5.41, 5.74) is 0.